The predicted molar refractivity (Wildman–Crippen MR) is 208 cm³/mol. The van der Waals surface area contributed by atoms with E-state index < -0.39 is 0 Å². The van der Waals surface area contributed by atoms with Crippen LogP contribution in [0.3, 0.4) is 0 Å². The van der Waals surface area contributed by atoms with Crippen molar-refractivity contribution in [2.24, 2.45) is 4.99 Å². The lowest BCUT2D eigenvalue weighted by Crippen LogP contribution is -2.84. The number of quaternary nitrogens is 1. The van der Waals surface area contributed by atoms with E-state index in [-0.39, 0.29) is 6.29 Å². The number of nitrogens with two attached hydrogens (primary N) is 1. The second-order valence-electron chi connectivity index (χ2n) is 13.0. The average Bonchev–Trinajstić information content (AvgIpc) is 3.71. The van der Waals surface area contributed by atoms with E-state index in [2.05, 4.69) is 196 Å². The van der Waals surface area contributed by atoms with Gasteiger partial charge < -0.3 is 4.57 Å². The number of hydrogen-bond acceptors (Lipinski definition) is 1. The van der Waals surface area contributed by atoms with Crippen LogP contribution < -0.4 is 5.32 Å². The summed E-state index contributed by atoms with van der Waals surface area (Å²) in [6, 6.07) is 63.1. The Labute approximate surface area is 289 Å². The lowest BCUT2D eigenvalue weighted by atomic mass is 10.0. The third kappa shape index (κ3) is 4.61. The molecule has 0 spiro atoms. The Bertz CT molecular complexity index is 2770. The fourth-order valence-electron chi connectivity index (χ4n) is 7.76. The van der Waals surface area contributed by atoms with E-state index >= 15 is 0 Å². The highest BCUT2D eigenvalue weighted by Gasteiger charge is 2.27. The molecule has 1 aliphatic heterocycles. The van der Waals surface area contributed by atoms with Crippen LogP contribution in [0, 0.1) is 0 Å². The van der Waals surface area contributed by atoms with Crippen LogP contribution in [0.4, 0.5) is 0 Å². The summed E-state index contributed by atoms with van der Waals surface area (Å²) >= 11 is 0. The van der Waals surface area contributed by atoms with Gasteiger partial charge >= 0.3 is 0 Å². The number of nitrogens with zero attached hydrogens (tertiary/aromatic N) is 3. The summed E-state index contributed by atoms with van der Waals surface area (Å²) in [5.41, 5.74) is 12.8. The molecule has 0 amide bonds. The van der Waals surface area contributed by atoms with Crippen LogP contribution in [0.15, 0.2) is 187 Å². The number of benzene rings is 7. The highest BCUT2D eigenvalue weighted by molar-refractivity contribution is 6.13. The zero-order valence-electron chi connectivity index (χ0n) is 27.3. The van der Waals surface area contributed by atoms with E-state index in [1.165, 1.54) is 71.7 Å². The molecule has 4 nitrogen and oxygen atoms in total. The number of hydrogen-bond donors (Lipinski definition) is 1. The maximum atomic E-state index is 5.39. The summed E-state index contributed by atoms with van der Waals surface area (Å²) in [6.45, 7) is 0. The summed E-state index contributed by atoms with van der Waals surface area (Å²) in [5.74, 6) is 0. The second kappa shape index (κ2) is 11.6. The van der Waals surface area contributed by atoms with E-state index in [0.717, 1.165) is 11.3 Å². The fourth-order valence-corrected chi connectivity index (χ4v) is 7.76. The molecular formula is C46H33N4+. The smallest absolute Gasteiger partial charge is 0.269 e. The summed E-state index contributed by atoms with van der Waals surface area (Å²) in [7, 11) is 0. The lowest BCUT2D eigenvalue weighted by molar-refractivity contribution is -0.625. The Hall–Kier alpha value is -6.49. The minimum Gasteiger partial charge on any atom is -0.309 e. The van der Waals surface area contributed by atoms with Crippen molar-refractivity contribution in [2.45, 2.75) is 6.29 Å². The van der Waals surface area contributed by atoms with Crippen molar-refractivity contribution in [3.8, 4) is 16.8 Å². The quantitative estimate of drug-likeness (QED) is 0.194. The van der Waals surface area contributed by atoms with E-state index in [1.54, 1.807) is 0 Å². The first-order chi connectivity index (χ1) is 24.8. The molecule has 3 heterocycles. The van der Waals surface area contributed by atoms with Crippen molar-refractivity contribution >= 4 is 55.0 Å². The number of aliphatic imine (C=N–C) groups is 1. The minimum absolute atomic E-state index is 0.209. The molecule has 1 aliphatic rings. The van der Waals surface area contributed by atoms with Crippen molar-refractivity contribution in [1.82, 2.24) is 9.13 Å². The van der Waals surface area contributed by atoms with Gasteiger partial charge in [0.1, 0.15) is 5.70 Å². The highest BCUT2D eigenvalue weighted by atomic mass is 15.3. The summed E-state index contributed by atoms with van der Waals surface area (Å²) in [6.07, 6.45) is 2.01. The normalized spacial score (nSPS) is 14.8. The van der Waals surface area contributed by atoms with Gasteiger partial charge in [-0.25, -0.2) is 4.99 Å². The molecule has 1 atom stereocenters. The maximum absolute atomic E-state index is 5.39. The number of rotatable bonds is 5. The molecule has 0 radical (unpaired) electrons. The molecule has 10 rings (SSSR count). The maximum Gasteiger partial charge on any atom is 0.269 e. The van der Waals surface area contributed by atoms with Gasteiger partial charge in [-0.15, -0.1) is 0 Å². The molecule has 7 aromatic carbocycles. The van der Waals surface area contributed by atoms with Crippen LogP contribution >= 0.6 is 0 Å². The summed E-state index contributed by atoms with van der Waals surface area (Å²) < 4.78 is 4.78. The van der Waals surface area contributed by atoms with Crippen molar-refractivity contribution in [3.05, 3.63) is 193 Å². The van der Waals surface area contributed by atoms with Crippen LogP contribution in [0.2, 0.25) is 0 Å². The molecule has 2 aromatic heterocycles. The topological polar surface area (TPSA) is 38.8 Å². The fraction of sp³-hybridized carbons (Fsp3) is 0.0217. The Morgan fingerprint density at radius 1 is 0.420 bits per heavy atom. The monoisotopic (exact) mass is 641 g/mol. The first-order valence-electron chi connectivity index (χ1n) is 17.2. The molecule has 0 fully saturated rings. The largest absolute Gasteiger partial charge is 0.309 e. The standard InChI is InChI=1S/C46H32N4/c1-4-14-31(15-5-1)40-30-41(32-16-6-2-7-17-32)48-46(47-40)50-43-23-13-11-21-37(43)39-29-34(25-27-45(39)50)33-24-26-44-38(28-33)36-20-10-12-22-42(36)49(44)35-18-8-3-9-19-35/h1-30,46-47H/p+1. The molecule has 0 saturated carbocycles. The van der Waals surface area contributed by atoms with E-state index in [4.69, 9.17) is 4.99 Å². The van der Waals surface area contributed by atoms with E-state index in [1.807, 2.05) is 0 Å². The Balaban J connectivity index is 1.13. The van der Waals surface area contributed by atoms with Crippen LogP contribution in [0.25, 0.3) is 66.1 Å². The second-order valence-corrected chi connectivity index (χ2v) is 13.0. The molecule has 236 valence electrons. The van der Waals surface area contributed by atoms with Gasteiger partial charge in [0.15, 0.2) is 0 Å². The van der Waals surface area contributed by atoms with Gasteiger partial charge in [-0.3, -0.25) is 9.88 Å². The Morgan fingerprint density at radius 3 is 1.62 bits per heavy atom. The van der Waals surface area contributed by atoms with Gasteiger partial charge in [-0.1, -0.05) is 115 Å². The molecule has 2 N–H and O–H groups in total. The van der Waals surface area contributed by atoms with Crippen LogP contribution in [0.5, 0.6) is 0 Å². The first-order valence-corrected chi connectivity index (χ1v) is 17.2. The molecule has 4 heteroatoms. The molecule has 0 bridgehead atoms. The van der Waals surface area contributed by atoms with Gasteiger partial charge in [-0.2, -0.15) is 0 Å². The van der Waals surface area contributed by atoms with E-state index in [0.29, 0.717) is 0 Å². The van der Waals surface area contributed by atoms with Crippen LogP contribution in [0.1, 0.15) is 17.4 Å². The molecule has 9 aromatic rings. The van der Waals surface area contributed by atoms with Crippen molar-refractivity contribution < 1.29 is 5.32 Å². The van der Waals surface area contributed by atoms with Crippen LogP contribution in [-0.4, -0.2) is 14.8 Å². The minimum atomic E-state index is -0.209. The predicted octanol–water partition coefficient (Wildman–Crippen LogP) is 10.1. The van der Waals surface area contributed by atoms with Gasteiger partial charge in [0.2, 0.25) is 0 Å². The van der Waals surface area contributed by atoms with E-state index in [9.17, 15) is 0 Å². The number of aromatic nitrogens is 2. The molecular weight excluding hydrogens is 609 g/mol. The number of allylic oxidation sites excluding steroid dienone is 1. The van der Waals surface area contributed by atoms with Crippen molar-refractivity contribution in [3.63, 3.8) is 0 Å². The SMILES string of the molecule is C1=C(c2ccccc2)[NH2+]C(n2c3ccccc3c3cc(-c4ccc5c(c4)c4ccccc4n5-c4ccccc4)ccc32)N=C1c1ccccc1. The molecule has 1 unspecified atom stereocenters. The highest BCUT2D eigenvalue weighted by Crippen LogP contribution is 2.38. The average molecular weight is 642 g/mol. The third-order valence-electron chi connectivity index (χ3n) is 10.1. The number of para-hydroxylation sites is 3. The Kier molecular flexibility index (Phi) is 6.61. The molecule has 50 heavy (non-hydrogen) atoms. The zero-order valence-corrected chi connectivity index (χ0v) is 27.3. The summed E-state index contributed by atoms with van der Waals surface area (Å²) in [5, 5.41) is 7.27. The Morgan fingerprint density at radius 2 is 0.920 bits per heavy atom. The van der Waals surface area contributed by atoms with Gasteiger partial charge in [-0.05, 0) is 71.8 Å². The number of fused-ring (bicyclic) bond motifs is 6. The van der Waals surface area contributed by atoms with Crippen LogP contribution in [-0.2, 0) is 0 Å². The summed E-state index contributed by atoms with van der Waals surface area (Å²) in [4.78, 5) is 5.39. The van der Waals surface area contributed by atoms with Gasteiger partial charge in [0.25, 0.3) is 6.29 Å². The third-order valence-corrected chi connectivity index (χ3v) is 10.1. The lowest BCUT2D eigenvalue weighted by Gasteiger charge is -2.22. The van der Waals surface area contributed by atoms with Gasteiger partial charge in [0.05, 0.1) is 27.8 Å². The first kappa shape index (κ1) is 28.5. The van der Waals surface area contributed by atoms with Gasteiger partial charge in [0, 0.05) is 44.4 Å². The molecule has 0 saturated heterocycles. The molecule has 0 aliphatic carbocycles. The zero-order chi connectivity index (χ0) is 33.0. The van der Waals surface area contributed by atoms with Crippen molar-refractivity contribution in [1.29, 1.82) is 0 Å². The van der Waals surface area contributed by atoms with Crippen molar-refractivity contribution in [2.75, 3.05) is 0 Å².